The van der Waals surface area contributed by atoms with Gasteiger partial charge in [0.1, 0.15) is 11.5 Å². The van der Waals surface area contributed by atoms with Gasteiger partial charge in [0.25, 0.3) is 0 Å². The number of hydrogen-bond donors (Lipinski definition) is 1. The number of rotatable bonds is 6. The van der Waals surface area contributed by atoms with Crippen molar-refractivity contribution in [3.63, 3.8) is 0 Å². The molecule has 1 aliphatic carbocycles. The lowest BCUT2D eigenvalue weighted by Gasteiger charge is -2.23. The van der Waals surface area contributed by atoms with E-state index in [0.717, 1.165) is 6.42 Å². The zero-order valence-electron chi connectivity index (χ0n) is 14.5. The first kappa shape index (κ1) is 16.6. The standard InChI is InChI=1S/C20H26N2O2/c1-4-16-19(23)9-6-10-20(16)24-13-15-7-5-8-17(15)18-11-12-21-22(18)14(2)3/h4,6,9-12,14-15,17,23H,1,5,7-8,13H2,2-3H3. The molecular formula is C20H26N2O2. The molecule has 4 heteroatoms. The van der Waals surface area contributed by atoms with Crippen LogP contribution < -0.4 is 4.74 Å². The summed E-state index contributed by atoms with van der Waals surface area (Å²) in [4.78, 5) is 0. The molecule has 24 heavy (non-hydrogen) atoms. The van der Waals surface area contributed by atoms with E-state index in [2.05, 4.69) is 36.3 Å². The lowest BCUT2D eigenvalue weighted by molar-refractivity contribution is 0.233. The zero-order valence-corrected chi connectivity index (χ0v) is 14.5. The van der Waals surface area contributed by atoms with Crippen LogP contribution in [0.25, 0.3) is 6.08 Å². The number of phenols is 1. The number of aromatic nitrogens is 2. The maximum absolute atomic E-state index is 9.92. The molecule has 0 amide bonds. The lowest BCUT2D eigenvalue weighted by atomic mass is 9.93. The van der Waals surface area contributed by atoms with Crippen molar-refractivity contribution in [2.24, 2.45) is 5.92 Å². The number of nitrogens with zero attached hydrogens (tertiary/aromatic N) is 2. The van der Waals surface area contributed by atoms with Crippen LogP contribution in [0.4, 0.5) is 0 Å². The van der Waals surface area contributed by atoms with Crippen LogP contribution in [-0.4, -0.2) is 21.5 Å². The van der Waals surface area contributed by atoms with Crippen LogP contribution in [-0.2, 0) is 0 Å². The Labute approximate surface area is 143 Å². The molecule has 1 saturated carbocycles. The molecule has 1 N–H and O–H groups in total. The fourth-order valence-corrected chi connectivity index (χ4v) is 3.74. The second kappa shape index (κ2) is 7.12. The van der Waals surface area contributed by atoms with Crippen molar-refractivity contribution in [3.8, 4) is 11.5 Å². The van der Waals surface area contributed by atoms with Crippen LogP contribution in [0.15, 0.2) is 37.0 Å². The smallest absolute Gasteiger partial charge is 0.130 e. The van der Waals surface area contributed by atoms with Crippen molar-refractivity contribution in [1.29, 1.82) is 0 Å². The molecule has 0 aliphatic heterocycles. The minimum Gasteiger partial charge on any atom is -0.507 e. The van der Waals surface area contributed by atoms with E-state index < -0.39 is 0 Å². The number of aromatic hydroxyl groups is 1. The Morgan fingerprint density at radius 2 is 2.21 bits per heavy atom. The van der Waals surface area contributed by atoms with Gasteiger partial charge in [-0.1, -0.05) is 25.1 Å². The van der Waals surface area contributed by atoms with Gasteiger partial charge in [-0.05, 0) is 44.9 Å². The molecular weight excluding hydrogens is 300 g/mol. The minimum absolute atomic E-state index is 0.211. The Morgan fingerprint density at radius 1 is 1.38 bits per heavy atom. The molecule has 4 nitrogen and oxygen atoms in total. The van der Waals surface area contributed by atoms with Crippen molar-refractivity contribution in [2.75, 3.05) is 6.61 Å². The maximum atomic E-state index is 9.92. The molecule has 1 aliphatic rings. The summed E-state index contributed by atoms with van der Waals surface area (Å²) in [5.41, 5.74) is 1.98. The van der Waals surface area contributed by atoms with Gasteiger partial charge in [-0.15, -0.1) is 0 Å². The topological polar surface area (TPSA) is 47.3 Å². The van der Waals surface area contributed by atoms with Gasteiger partial charge in [-0.2, -0.15) is 5.10 Å². The first-order valence-electron chi connectivity index (χ1n) is 8.72. The zero-order chi connectivity index (χ0) is 17.1. The average molecular weight is 326 g/mol. The van der Waals surface area contributed by atoms with E-state index in [0.29, 0.717) is 35.8 Å². The summed E-state index contributed by atoms with van der Waals surface area (Å²) in [6.07, 6.45) is 7.11. The van der Waals surface area contributed by atoms with Crippen molar-refractivity contribution < 1.29 is 9.84 Å². The van der Waals surface area contributed by atoms with Crippen LogP contribution >= 0.6 is 0 Å². The number of ether oxygens (including phenoxy) is 1. The molecule has 0 bridgehead atoms. The molecule has 1 aromatic carbocycles. The number of benzene rings is 1. The van der Waals surface area contributed by atoms with Gasteiger partial charge in [-0.25, -0.2) is 0 Å². The molecule has 1 fully saturated rings. The third-order valence-electron chi connectivity index (χ3n) is 4.93. The Bertz CT molecular complexity index is 705. The third kappa shape index (κ3) is 3.18. The summed E-state index contributed by atoms with van der Waals surface area (Å²) >= 11 is 0. The van der Waals surface area contributed by atoms with Crippen LogP contribution in [0.2, 0.25) is 0 Å². The van der Waals surface area contributed by atoms with E-state index in [1.165, 1.54) is 18.5 Å². The molecule has 1 heterocycles. The van der Waals surface area contributed by atoms with Gasteiger partial charge in [0.05, 0.1) is 12.2 Å². The molecule has 2 atom stereocenters. The molecule has 3 rings (SSSR count). The van der Waals surface area contributed by atoms with Crippen molar-refractivity contribution >= 4 is 6.08 Å². The predicted octanol–water partition coefficient (Wildman–Crippen LogP) is 4.78. The van der Waals surface area contributed by atoms with Gasteiger partial charge < -0.3 is 9.84 Å². The van der Waals surface area contributed by atoms with Crippen LogP contribution in [0.3, 0.4) is 0 Å². The summed E-state index contributed by atoms with van der Waals surface area (Å²) < 4.78 is 8.19. The highest BCUT2D eigenvalue weighted by atomic mass is 16.5. The highest BCUT2D eigenvalue weighted by Gasteiger charge is 2.32. The van der Waals surface area contributed by atoms with Crippen molar-refractivity contribution in [3.05, 3.63) is 48.3 Å². The lowest BCUT2D eigenvalue weighted by Crippen LogP contribution is -2.19. The molecule has 0 radical (unpaired) electrons. The van der Waals surface area contributed by atoms with Crippen molar-refractivity contribution in [1.82, 2.24) is 9.78 Å². The van der Waals surface area contributed by atoms with E-state index >= 15 is 0 Å². The summed E-state index contributed by atoms with van der Waals surface area (Å²) in [6.45, 7) is 8.75. The van der Waals surface area contributed by atoms with E-state index in [1.54, 1.807) is 18.2 Å². The highest BCUT2D eigenvalue weighted by Crippen LogP contribution is 2.41. The molecule has 2 unspecified atom stereocenters. The summed E-state index contributed by atoms with van der Waals surface area (Å²) in [5.74, 6) is 1.87. The van der Waals surface area contributed by atoms with E-state index in [9.17, 15) is 5.11 Å². The Morgan fingerprint density at radius 3 is 2.96 bits per heavy atom. The van der Waals surface area contributed by atoms with Crippen LogP contribution in [0.5, 0.6) is 11.5 Å². The van der Waals surface area contributed by atoms with Gasteiger partial charge in [0.2, 0.25) is 0 Å². The maximum Gasteiger partial charge on any atom is 0.130 e. The van der Waals surface area contributed by atoms with Crippen LogP contribution in [0.1, 0.15) is 56.3 Å². The normalized spacial score (nSPS) is 20.5. The first-order valence-corrected chi connectivity index (χ1v) is 8.72. The molecule has 2 aromatic rings. The van der Waals surface area contributed by atoms with Gasteiger partial charge >= 0.3 is 0 Å². The molecule has 128 valence electrons. The first-order chi connectivity index (χ1) is 11.6. The van der Waals surface area contributed by atoms with Crippen LogP contribution in [0, 0.1) is 5.92 Å². The van der Waals surface area contributed by atoms with E-state index in [4.69, 9.17) is 4.74 Å². The fourth-order valence-electron chi connectivity index (χ4n) is 3.74. The monoisotopic (exact) mass is 326 g/mol. The van der Waals surface area contributed by atoms with E-state index in [-0.39, 0.29) is 5.75 Å². The summed E-state index contributed by atoms with van der Waals surface area (Å²) in [6, 6.07) is 7.86. The number of hydrogen-bond acceptors (Lipinski definition) is 3. The second-order valence-electron chi connectivity index (χ2n) is 6.80. The molecule has 1 aromatic heterocycles. The fraction of sp³-hybridized carbons (Fsp3) is 0.450. The van der Waals surface area contributed by atoms with Gasteiger partial charge in [0.15, 0.2) is 0 Å². The SMILES string of the molecule is C=Cc1c(O)cccc1OCC1CCCC1c1ccnn1C(C)C. The number of phenolic OH excluding ortho intramolecular Hbond substituents is 1. The Balaban J connectivity index is 1.74. The predicted molar refractivity (Wildman–Crippen MR) is 96.4 cm³/mol. The Hall–Kier alpha value is -2.23. The summed E-state index contributed by atoms with van der Waals surface area (Å²) in [5, 5.41) is 14.4. The van der Waals surface area contributed by atoms with Gasteiger partial charge in [-0.3, -0.25) is 4.68 Å². The van der Waals surface area contributed by atoms with E-state index in [1.807, 2.05) is 12.3 Å². The van der Waals surface area contributed by atoms with Crippen molar-refractivity contribution in [2.45, 2.75) is 45.1 Å². The average Bonchev–Trinajstić information content (AvgIpc) is 3.21. The summed E-state index contributed by atoms with van der Waals surface area (Å²) in [7, 11) is 0. The second-order valence-corrected chi connectivity index (χ2v) is 6.80. The Kier molecular flexibility index (Phi) is 4.93. The highest BCUT2D eigenvalue weighted by molar-refractivity contribution is 5.62. The third-order valence-corrected chi connectivity index (χ3v) is 4.93. The molecule has 0 saturated heterocycles. The minimum atomic E-state index is 0.211. The quantitative estimate of drug-likeness (QED) is 0.831. The molecule has 0 spiro atoms. The van der Waals surface area contributed by atoms with Gasteiger partial charge in [0, 0.05) is 29.8 Å². The largest absolute Gasteiger partial charge is 0.507 e.